The van der Waals surface area contributed by atoms with Crippen molar-refractivity contribution in [3.05, 3.63) is 4.88 Å². The van der Waals surface area contributed by atoms with Crippen molar-refractivity contribution < 1.29 is 13.2 Å². The van der Waals surface area contributed by atoms with E-state index in [0.29, 0.717) is 11.5 Å². The minimum absolute atomic E-state index is 0.0274. The molecule has 0 saturated carbocycles. The van der Waals surface area contributed by atoms with Gasteiger partial charge in [0.2, 0.25) is 0 Å². The molecule has 0 radical (unpaired) electrons. The van der Waals surface area contributed by atoms with Crippen LogP contribution in [0.4, 0.5) is 5.69 Å². The molecule has 1 aromatic heterocycles. The molecular weight excluding hydrogens is 214 g/mol. The van der Waals surface area contributed by atoms with Gasteiger partial charge in [-0.15, -0.1) is 0 Å². The number of amides is 1. The minimum atomic E-state index is -3.48. The number of nitrogens with two attached hydrogens (primary N) is 2. The van der Waals surface area contributed by atoms with Crippen LogP contribution < -0.4 is 11.5 Å². The smallest absolute Gasteiger partial charge is 0.262 e. The van der Waals surface area contributed by atoms with Gasteiger partial charge in [-0.05, 0) is 11.5 Å². The van der Waals surface area contributed by atoms with Gasteiger partial charge in [0.1, 0.15) is 4.88 Å². The van der Waals surface area contributed by atoms with Gasteiger partial charge < -0.3 is 11.5 Å². The van der Waals surface area contributed by atoms with Gasteiger partial charge in [0, 0.05) is 6.26 Å². The maximum absolute atomic E-state index is 11.0. The third-order valence-electron chi connectivity index (χ3n) is 1.27. The maximum Gasteiger partial charge on any atom is 0.262 e. The van der Waals surface area contributed by atoms with Crippen molar-refractivity contribution in [2.45, 2.75) is 5.03 Å². The van der Waals surface area contributed by atoms with E-state index in [1.54, 1.807) is 0 Å². The normalized spacial score (nSPS) is 11.5. The average molecular weight is 221 g/mol. The first-order valence-corrected chi connectivity index (χ1v) is 5.75. The first-order chi connectivity index (χ1) is 5.84. The van der Waals surface area contributed by atoms with E-state index >= 15 is 0 Å². The molecule has 0 saturated heterocycles. The molecule has 4 N–H and O–H groups in total. The van der Waals surface area contributed by atoms with Crippen LogP contribution in [-0.2, 0) is 9.84 Å². The van der Waals surface area contributed by atoms with Crippen LogP contribution in [0.3, 0.4) is 0 Å². The van der Waals surface area contributed by atoms with Crippen LogP contribution >= 0.6 is 11.5 Å². The molecular formula is C5H7N3O3S2. The molecule has 0 aromatic carbocycles. The molecule has 0 aliphatic rings. The fraction of sp³-hybridized carbons (Fsp3) is 0.200. The van der Waals surface area contributed by atoms with E-state index in [4.69, 9.17) is 11.5 Å². The molecule has 8 heteroatoms. The number of nitrogens with zero attached hydrogens (tertiary/aromatic N) is 1. The highest BCUT2D eigenvalue weighted by atomic mass is 32.2. The second-order valence-electron chi connectivity index (χ2n) is 2.37. The topological polar surface area (TPSA) is 116 Å². The fourth-order valence-corrected chi connectivity index (χ4v) is 2.50. The third-order valence-corrected chi connectivity index (χ3v) is 3.28. The van der Waals surface area contributed by atoms with Crippen LogP contribution in [-0.4, -0.2) is 25.0 Å². The van der Waals surface area contributed by atoms with Crippen LogP contribution in [0.5, 0.6) is 0 Å². The molecule has 0 aliphatic heterocycles. The van der Waals surface area contributed by atoms with Gasteiger partial charge in [-0.3, -0.25) is 4.79 Å². The Morgan fingerprint density at radius 1 is 1.54 bits per heavy atom. The van der Waals surface area contributed by atoms with Crippen molar-refractivity contribution in [1.82, 2.24) is 4.37 Å². The van der Waals surface area contributed by atoms with Gasteiger partial charge in [0.15, 0.2) is 14.9 Å². The van der Waals surface area contributed by atoms with Gasteiger partial charge in [0.25, 0.3) is 5.91 Å². The van der Waals surface area contributed by atoms with Gasteiger partial charge in [-0.25, -0.2) is 8.42 Å². The lowest BCUT2D eigenvalue weighted by atomic mass is 10.4. The molecule has 0 fully saturated rings. The van der Waals surface area contributed by atoms with Crippen LogP contribution in [0.25, 0.3) is 0 Å². The van der Waals surface area contributed by atoms with Crippen LogP contribution in [0.15, 0.2) is 5.03 Å². The number of hydrogen-bond acceptors (Lipinski definition) is 6. The molecule has 6 nitrogen and oxygen atoms in total. The zero-order chi connectivity index (χ0) is 10.2. The highest BCUT2D eigenvalue weighted by Crippen LogP contribution is 2.24. The molecule has 1 amide bonds. The number of carbonyl (C=O) groups excluding carboxylic acids is 1. The quantitative estimate of drug-likeness (QED) is 0.680. The third kappa shape index (κ3) is 1.78. The zero-order valence-corrected chi connectivity index (χ0v) is 8.28. The maximum atomic E-state index is 11.0. The lowest BCUT2D eigenvalue weighted by Gasteiger charge is -1.94. The van der Waals surface area contributed by atoms with Crippen LogP contribution in [0.1, 0.15) is 9.67 Å². The van der Waals surface area contributed by atoms with Crippen molar-refractivity contribution >= 4 is 33.0 Å². The summed E-state index contributed by atoms with van der Waals surface area (Å²) in [6.45, 7) is 0. The summed E-state index contributed by atoms with van der Waals surface area (Å²) in [5.74, 6) is -0.773. The highest BCUT2D eigenvalue weighted by Gasteiger charge is 2.21. The molecule has 1 heterocycles. The number of sulfone groups is 1. The number of aromatic nitrogens is 1. The lowest BCUT2D eigenvalue weighted by Crippen LogP contribution is -2.12. The predicted octanol–water partition coefficient (Wildman–Crippen LogP) is -0.772. The second-order valence-corrected chi connectivity index (χ2v) is 5.07. The Kier molecular flexibility index (Phi) is 2.26. The molecule has 0 unspecified atom stereocenters. The van der Waals surface area contributed by atoms with Gasteiger partial charge in [0.05, 0.1) is 5.69 Å². The Bertz CT molecular complexity index is 448. The Morgan fingerprint density at radius 2 is 2.08 bits per heavy atom. The summed E-state index contributed by atoms with van der Waals surface area (Å²) >= 11 is 0.682. The van der Waals surface area contributed by atoms with E-state index in [2.05, 4.69) is 4.37 Å². The van der Waals surface area contributed by atoms with Crippen molar-refractivity contribution in [3.8, 4) is 0 Å². The summed E-state index contributed by atoms with van der Waals surface area (Å²) in [4.78, 5) is 10.7. The molecule has 72 valence electrons. The monoisotopic (exact) mass is 221 g/mol. The zero-order valence-electron chi connectivity index (χ0n) is 6.64. The molecule has 0 aliphatic carbocycles. The number of anilines is 1. The summed E-state index contributed by atoms with van der Waals surface area (Å²) < 4.78 is 25.5. The SMILES string of the molecule is CS(=O)(=O)c1nsc(C(N)=O)c1N. The van der Waals surface area contributed by atoms with E-state index in [-0.39, 0.29) is 15.6 Å². The fourth-order valence-electron chi connectivity index (χ4n) is 0.728. The number of nitrogen functional groups attached to an aromatic ring is 1. The van der Waals surface area contributed by atoms with Crippen molar-refractivity contribution in [3.63, 3.8) is 0 Å². The number of hydrogen-bond donors (Lipinski definition) is 2. The summed E-state index contributed by atoms with van der Waals surface area (Å²) in [6.07, 6.45) is 0.961. The minimum Gasteiger partial charge on any atom is -0.395 e. The average Bonchev–Trinajstić information content (AvgIpc) is 2.28. The standard InChI is InChI=1S/C5H7N3O3S2/c1-13(10,11)5-2(6)3(4(7)9)12-8-5/h6H2,1H3,(H2,7,9). The molecule has 1 rings (SSSR count). The van der Waals surface area contributed by atoms with E-state index in [0.717, 1.165) is 6.26 Å². The Hall–Kier alpha value is -1.15. The van der Waals surface area contributed by atoms with Crippen molar-refractivity contribution in [2.24, 2.45) is 5.73 Å². The van der Waals surface area contributed by atoms with E-state index in [1.165, 1.54) is 0 Å². The van der Waals surface area contributed by atoms with Crippen LogP contribution in [0.2, 0.25) is 0 Å². The van der Waals surface area contributed by atoms with E-state index in [9.17, 15) is 13.2 Å². The van der Waals surface area contributed by atoms with Crippen molar-refractivity contribution in [2.75, 3.05) is 12.0 Å². The second kappa shape index (κ2) is 2.96. The van der Waals surface area contributed by atoms with Crippen LogP contribution in [0, 0.1) is 0 Å². The number of primary amides is 1. The Morgan fingerprint density at radius 3 is 2.31 bits per heavy atom. The molecule has 1 aromatic rings. The lowest BCUT2D eigenvalue weighted by molar-refractivity contribution is 0.100. The van der Waals surface area contributed by atoms with Crippen molar-refractivity contribution in [1.29, 1.82) is 0 Å². The first-order valence-electron chi connectivity index (χ1n) is 3.09. The van der Waals surface area contributed by atoms with E-state index in [1.807, 2.05) is 0 Å². The molecule has 0 atom stereocenters. The van der Waals surface area contributed by atoms with E-state index < -0.39 is 15.7 Å². The largest absolute Gasteiger partial charge is 0.395 e. The van der Waals surface area contributed by atoms with Gasteiger partial charge >= 0.3 is 0 Å². The first kappa shape index (κ1) is 9.93. The highest BCUT2D eigenvalue weighted by molar-refractivity contribution is 7.90. The molecule has 0 bridgehead atoms. The summed E-state index contributed by atoms with van der Waals surface area (Å²) in [5, 5.41) is -0.286. The summed E-state index contributed by atoms with van der Waals surface area (Å²) in [5.41, 5.74) is 10.1. The molecule has 0 spiro atoms. The van der Waals surface area contributed by atoms with Gasteiger partial charge in [-0.1, -0.05) is 0 Å². The molecule has 13 heavy (non-hydrogen) atoms. The van der Waals surface area contributed by atoms with Gasteiger partial charge in [-0.2, -0.15) is 4.37 Å². The predicted molar refractivity (Wildman–Crippen MR) is 48.2 cm³/mol. The Labute approximate surface area is 78.6 Å². The summed E-state index contributed by atoms with van der Waals surface area (Å²) in [6, 6.07) is 0. The number of rotatable bonds is 2. The Balaban J connectivity index is 3.39. The summed E-state index contributed by atoms with van der Waals surface area (Å²) in [7, 11) is -3.48. The number of carbonyl (C=O) groups is 1.